The maximum Gasteiger partial charge on any atom is 0.197 e. The minimum absolute atomic E-state index is 0.0872. The van der Waals surface area contributed by atoms with Crippen LogP contribution in [0.4, 0.5) is 4.39 Å². The van der Waals surface area contributed by atoms with Crippen LogP contribution in [0.15, 0.2) is 42.6 Å². The van der Waals surface area contributed by atoms with Crippen LogP contribution in [0, 0.1) is 5.82 Å². The van der Waals surface area contributed by atoms with Crippen molar-refractivity contribution >= 4 is 0 Å². The summed E-state index contributed by atoms with van der Waals surface area (Å²) in [6.45, 7) is 4.25. The second-order valence-corrected chi connectivity index (χ2v) is 5.41. The molecule has 1 unspecified atom stereocenters. The molecule has 5 nitrogen and oxygen atoms in total. The van der Waals surface area contributed by atoms with Gasteiger partial charge in [-0.25, -0.2) is 4.39 Å². The average molecular weight is 332 g/mol. The lowest BCUT2D eigenvalue weighted by Crippen LogP contribution is -2.43. The summed E-state index contributed by atoms with van der Waals surface area (Å²) in [4.78, 5) is 4.36. The topological polar surface area (TPSA) is 52.6 Å². The van der Waals surface area contributed by atoms with Crippen molar-refractivity contribution in [3.63, 3.8) is 0 Å². The van der Waals surface area contributed by atoms with Crippen LogP contribution >= 0.6 is 0 Å². The predicted molar refractivity (Wildman–Crippen MR) is 87.8 cm³/mol. The number of pyridine rings is 1. The van der Waals surface area contributed by atoms with Crippen LogP contribution in [0.3, 0.4) is 0 Å². The first kappa shape index (κ1) is 16.7. The van der Waals surface area contributed by atoms with E-state index >= 15 is 0 Å². The molecule has 24 heavy (non-hydrogen) atoms. The van der Waals surface area contributed by atoms with Crippen LogP contribution in [-0.4, -0.2) is 37.4 Å². The van der Waals surface area contributed by atoms with Crippen molar-refractivity contribution in [1.82, 2.24) is 10.3 Å². The molecule has 1 aliphatic heterocycles. The number of para-hydroxylation sites is 1. The fourth-order valence-electron chi connectivity index (χ4n) is 2.65. The van der Waals surface area contributed by atoms with Gasteiger partial charge in [-0.1, -0.05) is 12.1 Å². The van der Waals surface area contributed by atoms with Crippen LogP contribution in [0.25, 0.3) is 0 Å². The maximum absolute atomic E-state index is 14.3. The van der Waals surface area contributed by atoms with Crippen LogP contribution < -0.4 is 14.8 Å². The van der Waals surface area contributed by atoms with Gasteiger partial charge in [0.25, 0.3) is 0 Å². The second kappa shape index (κ2) is 8.08. The highest BCUT2D eigenvalue weighted by atomic mass is 19.1. The Morgan fingerprint density at radius 3 is 2.96 bits per heavy atom. The monoisotopic (exact) mass is 332 g/mol. The fraction of sp³-hybridized carbons (Fsp3) is 0.389. The molecule has 1 saturated heterocycles. The van der Waals surface area contributed by atoms with Gasteiger partial charge in [-0.15, -0.1) is 0 Å². The summed E-state index contributed by atoms with van der Waals surface area (Å²) in [6, 6.07) is 10.2. The molecule has 2 heterocycles. The summed E-state index contributed by atoms with van der Waals surface area (Å²) in [7, 11) is 0. The first-order chi connectivity index (χ1) is 11.8. The number of nitrogens with one attached hydrogen (secondary N) is 1. The quantitative estimate of drug-likeness (QED) is 0.881. The molecule has 0 spiro atoms. The number of benzene rings is 1. The highest BCUT2D eigenvalue weighted by Gasteiger charge is 2.30. The standard InChI is InChI=1S/C18H21FN2O3/c1-2-22-15-8-5-6-13(19)17(15)24-18(14-7-3-4-9-21-14)16-12-20-10-11-23-16/h3-9,16,18,20H,2,10-12H2,1H3/t16-,18?/m0/s1. The molecule has 2 aromatic rings. The highest BCUT2D eigenvalue weighted by molar-refractivity contribution is 5.41. The lowest BCUT2D eigenvalue weighted by Gasteiger charge is -2.31. The van der Waals surface area contributed by atoms with Gasteiger partial charge < -0.3 is 19.5 Å². The Labute approximate surface area is 140 Å². The first-order valence-corrected chi connectivity index (χ1v) is 8.10. The molecule has 2 atom stereocenters. The van der Waals surface area contributed by atoms with Crippen molar-refractivity contribution in [1.29, 1.82) is 0 Å². The molecule has 0 aliphatic carbocycles. The van der Waals surface area contributed by atoms with E-state index in [1.807, 2.05) is 25.1 Å². The van der Waals surface area contributed by atoms with Gasteiger partial charge in [-0.05, 0) is 31.2 Å². The van der Waals surface area contributed by atoms with E-state index in [4.69, 9.17) is 14.2 Å². The smallest absolute Gasteiger partial charge is 0.197 e. The Morgan fingerprint density at radius 2 is 2.25 bits per heavy atom. The zero-order valence-electron chi connectivity index (χ0n) is 13.6. The fourth-order valence-corrected chi connectivity index (χ4v) is 2.65. The molecule has 1 fully saturated rings. The highest BCUT2D eigenvalue weighted by Crippen LogP contribution is 2.35. The van der Waals surface area contributed by atoms with Gasteiger partial charge in [0.2, 0.25) is 0 Å². The van der Waals surface area contributed by atoms with Crippen molar-refractivity contribution in [3.05, 3.63) is 54.1 Å². The largest absolute Gasteiger partial charge is 0.490 e. The average Bonchev–Trinajstić information content (AvgIpc) is 2.63. The molecule has 3 rings (SSSR count). The first-order valence-electron chi connectivity index (χ1n) is 8.10. The zero-order valence-corrected chi connectivity index (χ0v) is 13.6. The molecule has 128 valence electrons. The third kappa shape index (κ3) is 3.83. The molecule has 1 aliphatic rings. The van der Waals surface area contributed by atoms with E-state index in [1.165, 1.54) is 6.07 Å². The number of hydrogen-bond acceptors (Lipinski definition) is 5. The number of rotatable bonds is 6. The number of nitrogens with zero attached hydrogens (tertiary/aromatic N) is 1. The maximum atomic E-state index is 14.3. The van der Waals surface area contributed by atoms with Crippen molar-refractivity contribution in [2.45, 2.75) is 19.1 Å². The summed E-state index contributed by atoms with van der Waals surface area (Å²) < 4.78 is 31.7. The van der Waals surface area contributed by atoms with Gasteiger partial charge in [-0.2, -0.15) is 0 Å². The van der Waals surface area contributed by atoms with E-state index in [1.54, 1.807) is 18.3 Å². The SMILES string of the molecule is CCOc1cccc(F)c1OC(c1ccccn1)[C@@H]1CNCCO1. The van der Waals surface area contributed by atoms with E-state index in [0.717, 1.165) is 6.54 Å². The summed E-state index contributed by atoms with van der Waals surface area (Å²) in [6.07, 6.45) is 0.894. The summed E-state index contributed by atoms with van der Waals surface area (Å²) in [5, 5.41) is 3.27. The molecule has 0 saturated carbocycles. The van der Waals surface area contributed by atoms with Gasteiger partial charge in [0.15, 0.2) is 23.4 Å². The molecule has 0 radical (unpaired) electrons. The van der Waals surface area contributed by atoms with E-state index in [9.17, 15) is 4.39 Å². The number of aromatic nitrogens is 1. The van der Waals surface area contributed by atoms with Crippen LogP contribution in [0.5, 0.6) is 11.5 Å². The molecule has 1 N–H and O–H groups in total. The minimum atomic E-state index is -0.532. The molecule has 6 heteroatoms. The van der Waals surface area contributed by atoms with Crippen molar-refractivity contribution in [3.8, 4) is 11.5 Å². The molecular weight excluding hydrogens is 311 g/mol. The summed E-state index contributed by atoms with van der Waals surface area (Å²) in [5.74, 6) is -0.00275. The number of hydrogen-bond donors (Lipinski definition) is 1. The zero-order chi connectivity index (χ0) is 16.8. The lowest BCUT2D eigenvalue weighted by atomic mass is 10.1. The Morgan fingerprint density at radius 1 is 1.33 bits per heavy atom. The van der Waals surface area contributed by atoms with Crippen LogP contribution in [0.1, 0.15) is 18.7 Å². The predicted octanol–water partition coefficient (Wildman–Crippen LogP) is 2.73. The van der Waals surface area contributed by atoms with Gasteiger partial charge in [-0.3, -0.25) is 4.98 Å². The van der Waals surface area contributed by atoms with Gasteiger partial charge in [0, 0.05) is 19.3 Å². The van der Waals surface area contributed by atoms with E-state index < -0.39 is 11.9 Å². The third-order valence-electron chi connectivity index (χ3n) is 3.75. The minimum Gasteiger partial charge on any atom is -0.490 e. The third-order valence-corrected chi connectivity index (χ3v) is 3.75. The molecule has 0 bridgehead atoms. The number of halogens is 1. The normalized spacial score (nSPS) is 18.8. The summed E-state index contributed by atoms with van der Waals surface area (Å²) >= 11 is 0. The Balaban J connectivity index is 1.92. The molecular formula is C18H21FN2O3. The van der Waals surface area contributed by atoms with Gasteiger partial charge in [0.05, 0.1) is 18.9 Å². The van der Waals surface area contributed by atoms with Crippen molar-refractivity contribution in [2.24, 2.45) is 0 Å². The van der Waals surface area contributed by atoms with Crippen molar-refractivity contribution in [2.75, 3.05) is 26.3 Å². The Hall–Kier alpha value is -2.18. The lowest BCUT2D eigenvalue weighted by molar-refractivity contribution is -0.0464. The van der Waals surface area contributed by atoms with E-state index in [-0.39, 0.29) is 11.9 Å². The van der Waals surface area contributed by atoms with E-state index in [0.29, 0.717) is 31.2 Å². The van der Waals surface area contributed by atoms with Crippen LogP contribution in [0.2, 0.25) is 0 Å². The Kier molecular flexibility index (Phi) is 5.61. The number of morpholine rings is 1. The number of ether oxygens (including phenoxy) is 3. The van der Waals surface area contributed by atoms with Gasteiger partial charge >= 0.3 is 0 Å². The second-order valence-electron chi connectivity index (χ2n) is 5.41. The molecule has 1 aromatic carbocycles. The van der Waals surface area contributed by atoms with Gasteiger partial charge in [0.1, 0.15) is 6.10 Å². The van der Waals surface area contributed by atoms with E-state index in [2.05, 4.69) is 10.3 Å². The summed E-state index contributed by atoms with van der Waals surface area (Å²) in [5.41, 5.74) is 0.692. The Bertz CT molecular complexity index is 648. The van der Waals surface area contributed by atoms with Crippen LogP contribution in [-0.2, 0) is 4.74 Å². The molecule has 1 aromatic heterocycles. The molecule has 0 amide bonds. The van der Waals surface area contributed by atoms with Crippen molar-refractivity contribution < 1.29 is 18.6 Å².